The van der Waals surface area contributed by atoms with Crippen molar-refractivity contribution in [2.24, 2.45) is 0 Å². The smallest absolute Gasteiger partial charge is 0.167 e. The SMILES string of the molecule is [O-][Cl+3]([O-])([O-])[O-].c1ccc2cc(-c3cc[nH+]cc3)ccc2c1. The molecule has 1 aromatic heterocycles. The summed E-state index contributed by atoms with van der Waals surface area (Å²) < 4.78 is 34.0. The molecule has 0 spiro atoms. The van der Waals surface area contributed by atoms with Gasteiger partial charge in [0.2, 0.25) is 0 Å². The summed E-state index contributed by atoms with van der Waals surface area (Å²) >= 11 is 0. The molecular weight excluding hydrogens is 294 g/mol. The van der Waals surface area contributed by atoms with Gasteiger partial charge < -0.3 is 0 Å². The van der Waals surface area contributed by atoms with Gasteiger partial charge in [0.15, 0.2) is 12.4 Å². The number of aromatic amines is 1. The minimum absolute atomic E-state index is 1.24. The molecule has 5 nitrogen and oxygen atoms in total. The summed E-state index contributed by atoms with van der Waals surface area (Å²) in [6, 6.07) is 19.2. The average molecular weight is 306 g/mol. The second-order valence-corrected chi connectivity index (χ2v) is 4.98. The highest BCUT2D eigenvalue weighted by atomic mass is 35.7. The summed E-state index contributed by atoms with van der Waals surface area (Å²) in [6.45, 7) is 0. The van der Waals surface area contributed by atoms with E-state index in [-0.39, 0.29) is 0 Å². The predicted molar refractivity (Wildman–Crippen MR) is 65.9 cm³/mol. The molecule has 6 heteroatoms. The molecule has 1 heterocycles. The molecule has 3 aromatic rings. The monoisotopic (exact) mass is 305 g/mol. The third-order valence-corrected chi connectivity index (χ3v) is 2.80. The Hall–Kier alpha value is -2.02. The maximum Gasteiger partial charge on any atom is 0.167 e. The molecule has 0 atom stereocenters. The summed E-state index contributed by atoms with van der Waals surface area (Å²) in [5.41, 5.74) is 2.50. The van der Waals surface area contributed by atoms with E-state index in [1.54, 1.807) is 0 Å². The summed E-state index contributed by atoms with van der Waals surface area (Å²) in [6.07, 6.45) is 3.90. The minimum atomic E-state index is -4.94. The van der Waals surface area contributed by atoms with E-state index in [4.69, 9.17) is 18.6 Å². The molecule has 1 N–H and O–H groups in total. The largest absolute Gasteiger partial charge is 0.222 e. The molecule has 0 amide bonds. The van der Waals surface area contributed by atoms with Crippen LogP contribution < -0.4 is 23.6 Å². The lowest BCUT2D eigenvalue weighted by Gasteiger charge is -2.17. The van der Waals surface area contributed by atoms with Crippen molar-refractivity contribution in [2.75, 3.05) is 0 Å². The molecule has 21 heavy (non-hydrogen) atoms. The van der Waals surface area contributed by atoms with E-state index >= 15 is 0 Å². The van der Waals surface area contributed by atoms with Crippen LogP contribution in [0.25, 0.3) is 21.9 Å². The summed E-state index contributed by atoms with van der Waals surface area (Å²) in [7, 11) is -4.94. The lowest BCUT2D eigenvalue weighted by atomic mass is 10.0. The zero-order valence-electron chi connectivity index (χ0n) is 10.9. The molecule has 0 unspecified atom stereocenters. The first-order valence-corrected chi connectivity index (χ1v) is 7.24. The first-order valence-electron chi connectivity index (χ1n) is 6.00. The van der Waals surface area contributed by atoms with Crippen molar-refractivity contribution in [1.82, 2.24) is 0 Å². The maximum absolute atomic E-state index is 8.49. The Morgan fingerprint density at radius 3 is 1.86 bits per heavy atom. The van der Waals surface area contributed by atoms with Gasteiger partial charge in [-0.15, -0.1) is 10.2 Å². The van der Waals surface area contributed by atoms with Crippen LogP contribution in [0.1, 0.15) is 0 Å². The normalized spacial score (nSPS) is 10.9. The van der Waals surface area contributed by atoms with Crippen LogP contribution in [0.2, 0.25) is 0 Å². The minimum Gasteiger partial charge on any atom is -0.222 e. The number of pyridine rings is 1. The molecule has 0 aliphatic carbocycles. The van der Waals surface area contributed by atoms with Crippen molar-refractivity contribution in [3.63, 3.8) is 0 Å². The van der Waals surface area contributed by atoms with E-state index < -0.39 is 10.2 Å². The highest BCUT2D eigenvalue weighted by Gasteiger charge is 1.99. The Morgan fingerprint density at radius 1 is 0.667 bits per heavy atom. The van der Waals surface area contributed by atoms with Crippen LogP contribution in [0.15, 0.2) is 67.0 Å². The Balaban J connectivity index is 0.000000282. The van der Waals surface area contributed by atoms with Crippen molar-refractivity contribution < 1.29 is 33.9 Å². The van der Waals surface area contributed by atoms with Gasteiger partial charge in [0.25, 0.3) is 0 Å². The number of fused-ring (bicyclic) bond motifs is 1. The van der Waals surface area contributed by atoms with Gasteiger partial charge in [-0.2, -0.15) is 0 Å². The van der Waals surface area contributed by atoms with Crippen LogP contribution in [-0.4, -0.2) is 0 Å². The molecule has 0 saturated carbocycles. The fourth-order valence-electron chi connectivity index (χ4n) is 1.95. The molecule has 0 bridgehead atoms. The van der Waals surface area contributed by atoms with Gasteiger partial charge in [-0.25, -0.2) is 23.6 Å². The van der Waals surface area contributed by atoms with E-state index in [9.17, 15) is 0 Å². The number of rotatable bonds is 1. The van der Waals surface area contributed by atoms with Crippen molar-refractivity contribution in [3.8, 4) is 11.1 Å². The molecule has 3 rings (SSSR count). The number of hydrogen-bond acceptors (Lipinski definition) is 4. The van der Waals surface area contributed by atoms with Crippen molar-refractivity contribution in [3.05, 3.63) is 67.0 Å². The number of H-pyrrole nitrogens is 1. The molecular formula is C15H12ClNO4. The van der Waals surface area contributed by atoms with Crippen molar-refractivity contribution >= 4 is 10.8 Å². The van der Waals surface area contributed by atoms with E-state index in [2.05, 4.69) is 59.6 Å². The Bertz CT molecular complexity index is 707. The van der Waals surface area contributed by atoms with Gasteiger partial charge in [-0.1, -0.05) is 36.4 Å². The van der Waals surface area contributed by atoms with E-state index in [0.29, 0.717) is 0 Å². The van der Waals surface area contributed by atoms with Crippen LogP contribution in [0.5, 0.6) is 0 Å². The highest BCUT2D eigenvalue weighted by Crippen LogP contribution is 2.23. The van der Waals surface area contributed by atoms with Crippen LogP contribution >= 0.6 is 0 Å². The van der Waals surface area contributed by atoms with Crippen LogP contribution in [0, 0.1) is 10.2 Å². The predicted octanol–water partition coefficient (Wildman–Crippen LogP) is -1.44. The molecule has 0 saturated heterocycles. The molecule has 2 aromatic carbocycles. The summed E-state index contributed by atoms with van der Waals surface area (Å²) in [5.74, 6) is 0. The first kappa shape index (κ1) is 15.4. The zero-order chi connectivity index (χ0) is 15.3. The molecule has 108 valence electrons. The molecule has 0 aliphatic heterocycles. The van der Waals surface area contributed by atoms with E-state index in [0.717, 1.165) is 0 Å². The molecule has 0 aliphatic rings. The fourth-order valence-corrected chi connectivity index (χ4v) is 1.95. The average Bonchev–Trinajstić information content (AvgIpc) is 2.46. The second-order valence-electron chi connectivity index (χ2n) is 4.23. The van der Waals surface area contributed by atoms with Gasteiger partial charge in [-0.3, -0.25) is 0 Å². The second kappa shape index (κ2) is 6.62. The zero-order valence-corrected chi connectivity index (χ0v) is 11.6. The third-order valence-electron chi connectivity index (χ3n) is 2.80. The number of benzene rings is 2. The van der Waals surface area contributed by atoms with Crippen molar-refractivity contribution in [1.29, 1.82) is 0 Å². The lowest BCUT2D eigenvalue weighted by Crippen LogP contribution is -2.68. The topological polar surface area (TPSA) is 106 Å². The fraction of sp³-hybridized carbons (Fsp3) is 0. The van der Waals surface area contributed by atoms with Crippen LogP contribution in [0.4, 0.5) is 0 Å². The van der Waals surface area contributed by atoms with E-state index in [1.807, 2.05) is 12.4 Å². The van der Waals surface area contributed by atoms with Gasteiger partial charge in [0.05, 0.1) is 0 Å². The van der Waals surface area contributed by atoms with Gasteiger partial charge >= 0.3 is 0 Å². The Morgan fingerprint density at radius 2 is 1.24 bits per heavy atom. The third kappa shape index (κ3) is 5.11. The Labute approximate surface area is 123 Å². The maximum atomic E-state index is 8.49. The lowest BCUT2D eigenvalue weighted by molar-refractivity contribution is -2.00. The highest BCUT2D eigenvalue weighted by molar-refractivity contribution is 5.87. The van der Waals surface area contributed by atoms with Gasteiger partial charge in [0.1, 0.15) is 0 Å². The number of nitrogens with one attached hydrogen (secondary N) is 1. The molecule has 0 radical (unpaired) electrons. The first-order chi connectivity index (χ1) is 9.93. The summed E-state index contributed by atoms with van der Waals surface area (Å²) in [5, 5.41) is 2.57. The number of hydrogen-bond donors (Lipinski definition) is 0. The van der Waals surface area contributed by atoms with Gasteiger partial charge in [-0.05, 0) is 28.0 Å². The summed E-state index contributed by atoms with van der Waals surface area (Å²) in [4.78, 5) is 3.04. The standard InChI is InChI=1S/C15H11N.ClHO4/c1-2-4-14-11-15(6-5-12(14)3-1)13-7-9-16-10-8-13;2-1(3,4)5/h1-11H;(H,2,3,4,5). The van der Waals surface area contributed by atoms with E-state index in [1.165, 1.54) is 21.9 Å². The van der Waals surface area contributed by atoms with Crippen molar-refractivity contribution in [2.45, 2.75) is 0 Å². The van der Waals surface area contributed by atoms with Crippen LogP contribution in [-0.2, 0) is 0 Å². The molecule has 0 fully saturated rings. The quantitative estimate of drug-likeness (QED) is 0.549. The number of aromatic nitrogens is 1. The Kier molecular flexibility index (Phi) is 4.85. The number of halogens is 1. The van der Waals surface area contributed by atoms with Gasteiger partial charge in [0, 0.05) is 12.1 Å². The van der Waals surface area contributed by atoms with Crippen LogP contribution in [0.3, 0.4) is 0 Å².